The molecule has 14 heavy (non-hydrogen) atoms. The lowest BCUT2D eigenvalue weighted by atomic mass is 9.80. The van der Waals surface area contributed by atoms with Crippen molar-refractivity contribution < 1.29 is 0 Å². The van der Waals surface area contributed by atoms with Crippen LogP contribution < -0.4 is 0 Å². The number of hydrogen-bond acceptors (Lipinski definition) is 3. The maximum atomic E-state index is 4.29. The topological polar surface area (TPSA) is 43.6 Å². The predicted molar refractivity (Wildman–Crippen MR) is 57.3 cm³/mol. The molecule has 0 radical (unpaired) electrons. The first-order valence-corrected chi connectivity index (χ1v) is 5.96. The number of tetrazole rings is 1. The van der Waals surface area contributed by atoms with E-state index in [-0.39, 0.29) is 0 Å². The molecule has 1 aromatic rings. The minimum atomic E-state index is 0.474. The predicted octanol–water partition coefficient (Wildman–Crippen LogP) is 1.88. The summed E-state index contributed by atoms with van der Waals surface area (Å²) in [6, 6.07) is 0. The van der Waals surface area contributed by atoms with Crippen LogP contribution in [0.2, 0.25) is 0 Å². The number of halogens is 1. The largest absolute Gasteiger partial charge is 0.178 e. The number of alkyl halides is 1. The van der Waals surface area contributed by atoms with Gasteiger partial charge in [0.1, 0.15) is 0 Å². The van der Waals surface area contributed by atoms with Gasteiger partial charge in [-0.2, -0.15) is 4.80 Å². The second kappa shape index (κ2) is 3.96. The normalized spacial score (nSPS) is 33.2. The van der Waals surface area contributed by atoms with E-state index in [1.807, 2.05) is 7.05 Å². The maximum absolute atomic E-state index is 4.29. The fourth-order valence-corrected chi connectivity index (χ4v) is 2.74. The van der Waals surface area contributed by atoms with E-state index in [1.54, 1.807) is 4.80 Å². The van der Waals surface area contributed by atoms with Gasteiger partial charge in [0.05, 0.1) is 7.05 Å². The average Bonchev–Trinajstić information content (AvgIpc) is 2.56. The summed E-state index contributed by atoms with van der Waals surface area (Å²) in [6.07, 6.45) is 3.64. The van der Waals surface area contributed by atoms with Crippen LogP contribution in [0.25, 0.3) is 0 Å². The molecule has 78 valence electrons. The van der Waals surface area contributed by atoms with Crippen molar-refractivity contribution in [2.75, 3.05) is 0 Å². The minimum Gasteiger partial charge on any atom is -0.167 e. The first kappa shape index (κ1) is 10.1. The van der Waals surface area contributed by atoms with E-state index < -0.39 is 0 Å². The minimum absolute atomic E-state index is 0.474. The van der Waals surface area contributed by atoms with Gasteiger partial charge < -0.3 is 0 Å². The first-order chi connectivity index (χ1) is 6.66. The van der Waals surface area contributed by atoms with Gasteiger partial charge in [0.2, 0.25) is 0 Å². The molecular formula is C9H15BrN4. The molecule has 0 bridgehead atoms. The van der Waals surface area contributed by atoms with E-state index in [1.165, 1.54) is 12.8 Å². The molecule has 1 aromatic heterocycles. The molecule has 0 amide bonds. The Kier molecular flexibility index (Phi) is 2.85. The van der Waals surface area contributed by atoms with Gasteiger partial charge in [0.15, 0.2) is 5.82 Å². The van der Waals surface area contributed by atoms with Crippen LogP contribution in [-0.2, 0) is 7.05 Å². The molecule has 3 atom stereocenters. The van der Waals surface area contributed by atoms with Crippen molar-refractivity contribution in [3.05, 3.63) is 5.82 Å². The Morgan fingerprint density at radius 1 is 1.43 bits per heavy atom. The van der Waals surface area contributed by atoms with Crippen molar-refractivity contribution in [1.82, 2.24) is 20.2 Å². The number of nitrogens with zero attached hydrogens (tertiary/aromatic N) is 4. The molecule has 0 saturated heterocycles. The van der Waals surface area contributed by atoms with E-state index in [0.717, 1.165) is 12.2 Å². The molecule has 2 rings (SSSR count). The van der Waals surface area contributed by atoms with Crippen LogP contribution in [0.1, 0.15) is 37.9 Å². The number of aromatic nitrogens is 4. The molecule has 5 heteroatoms. The summed E-state index contributed by atoms with van der Waals surface area (Å²) in [5.41, 5.74) is 0. The van der Waals surface area contributed by atoms with Crippen molar-refractivity contribution in [2.24, 2.45) is 13.0 Å². The zero-order chi connectivity index (χ0) is 10.1. The number of aryl methyl sites for hydroxylation is 1. The SMILES string of the molecule is CC1CCC(Br)CC1c1nnn(C)n1. The summed E-state index contributed by atoms with van der Waals surface area (Å²) < 4.78 is 0. The van der Waals surface area contributed by atoms with Gasteiger partial charge in [0, 0.05) is 10.7 Å². The summed E-state index contributed by atoms with van der Waals surface area (Å²) in [6.45, 7) is 2.28. The Morgan fingerprint density at radius 2 is 2.21 bits per heavy atom. The highest BCUT2D eigenvalue weighted by Gasteiger charge is 2.30. The summed E-state index contributed by atoms with van der Waals surface area (Å²) in [4.78, 5) is 2.16. The Balaban J connectivity index is 2.15. The van der Waals surface area contributed by atoms with Gasteiger partial charge in [-0.15, -0.1) is 10.2 Å². The van der Waals surface area contributed by atoms with E-state index in [0.29, 0.717) is 16.7 Å². The molecular weight excluding hydrogens is 244 g/mol. The molecule has 1 fully saturated rings. The van der Waals surface area contributed by atoms with Crippen molar-refractivity contribution in [3.8, 4) is 0 Å². The van der Waals surface area contributed by atoms with Crippen LogP contribution in [0.15, 0.2) is 0 Å². The Hall–Kier alpha value is -0.450. The molecule has 1 heterocycles. The molecule has 0 aromatic carbocycles. The number of hydrogen-bond donors (Lipinski definition) is 0. The molecule has 1 aliphatic carbocycles. The Morgan fingerprint density at radius 3 is 2.86 bits per heavy atom. The monoisotopic (exact) mass is 258 g/mol. The average molecular weight is 259 g/mol. The third kappa shape index (κ3) is 1.97. The van der Waals surface area contributed by atoms with Gasteiger partial charge >= 0.3 is 0 Å². The Labute approximate surface area is 92.2 Å². The third-order valence-electron chi connectivity index (χ3n) is 2.99. The van der Waals surface area contributed by atoms with Crippen LogP contribution in [-0.4, -0.2) is 25.0 Å². The molecule has 3 unspecified atom stereocenters. The summed E-state index contributed by atoms with van der Waals surface area (Å²) in [5, 5.41) is 12.3. The van der Waals surface area contributed by atoms with Crippen molar-refractivity contribution in [2.45, 2.75) is 36.9 Å². The van der Waals surface area contributed by atoms with Crippen LogP contribution in [0, 0.1) is 5.92 Å². The third-order valence-corrected chi connectivity index (χ3v) is 3.82. The summed E-state index contributed by atoms with van der Waals surface area (Å²) >= 11 is 3.68. The lowest BCUT2D eigenvalue weighted by Crippen LogP contribution is -2.22. The standard InChI is InChI=1S/C9H15BrN4/c1-6-3-4-7(10)5-8(6)9-11-13-14(2)12-9/h6-8H,3-5H2,1-2H3. The first-order valence-electron chi connectivity index (χ1n) is 5.04. The molecule has 4 nitrogen and oxygen atoms in total. The van der Waals surface area contributed by atoms with E-state index in [4.69, 9.17) is 0 Å². The summed E-state index contributed by atoms with van der Waals surface area (Å²) in [7, 11) is 1.82. The highest BCUT2D eigenvalue weighted by atomic mass is 79.9. The van der Waals surface area contributed by atoms with Gasteiger partial charge in [-0.1, -0.05) is 22.9 Å². The zero-order valence-corrected chi connectivity index (χ0v) is 10.1. The lowest BCUT2D eigenvalue weighted by Gasteiger charge is -2.29. The van der Waals surface area contributed by atoms with Crippen LogP contribution >= 0.6 is 15.9 Å². The van der Waals surface area contributed by atoms with Crippen LogP contribution in [0.3, 0.4) is 0 Å². The van der Waals surface area contributed by atoms with Crippen molar-refractivity contribution in [1.29, 1.82) is 0 Å². The van der Waals surface area contributed by atoms with Crippen molar-refractivity contribution in [3.63, 3.8) is 0 Å². The van der Waals surface area contributed by atoms with Crippen LogP contribution in [0.5, 0.6) is 0 Å². The second-order valence-electron chi connectivity index (χ2n) is 4.13. The van der Waals surface area contributed by atoms with E-state index in [9.17, 15) is 0 Å². The highest BCUT2D eigenvalue weighted by Crippen LogP contribution is 2.38. The number of rotatable bonds is 1. The lowest BCUT2D eigenvalue weighted by molar-refractivity contribution is 0.328. The second-order valence-corrected chi connectivity index (χ2v) is 5.43. The van der Waals surface area contributed by atoms with Crippen molar-refractivity contribution >= 4 is 15.9 Å². The van der Waals surface area contributed by atoms with Gasteiger partial charge in [-0.25, -0.2) is 0 Å². The molecule has 0 aliphatic heterocycles. The van der Waals surface area contributed by atoms with Gasteiger partial charge in [-0.05, 0) is 30.4 Å². The van der Waals surface area contributed by atoms with Crippen LogP contribution in [0.4, 0.5) is 0 Å². The summed E-state index contributed by atoms with van der Waals surface area (Å²) in [5.74, 6) is 2.05. The van der Waals surface area contributed by atoms with Gasteiger partial charge in [0.25, 0.3) is 0 Å². The fraction of sp³-hybridized carbons (Fsp3) is 0.889. The van der Waals surface area contributed by atoms with E-state index in [2.05, 4.69) is 38.3 Å². The zero-order valence-electron chi connectivity index (χ0n) is 8.52. The quantitative estimate of drug-likeness (QED) is 0.723. The molecule has 1 aliphatic rings. The van der Waals surface area contributed by atoms with Gasteiger partial charge in [-0.3, -0.25) is 0 Å². The fourth-order valence-electron chi connectivity index (χ4n) is 2.08. The molecule has 1 saturated carbocycles. The Bertz CT molecular complexity index is 312. The highest BCUT2D eigenvalue weighted by molar-refractivity contribution is 9.09. The maximum Gasteiger partial charge on any atom is 0.178 e. The molecule has 0 N–H and O–H groups in total. The van der Waals surface area contributed by atoms with E-state index >= 15 is 0 Å². The molecule has 0 spiro atoms. The smallest absolute Gasteiger partial charge is 0.167 e.